The molecule has 0 saturated carbocycles. The Hall–Kier alpha value is -1.80. The molecule has 3 aromatic heterocycles. The number of fused-ring (bicyclic) bond motifs is 1. The molecule has 0 aliphatic rings. The Morgan fingerprint density at radius 1 is 1.10 bits per heavy atom. The molecule has 0 fully saturated rings. The predicted octanol–water partition coefficient (Wildman–Crippen LogP) is 5.73. The number of methoxy groups -OCH3 is 2. The molecule has 3 aromatic rings. The number of hydrogen-bond acceptors (Lipinski definition) is 5. The molecule has 0 saturated heterocycles. The summed E-state index contributed by atoms with van der Waals surface area (Å²) in [4.78, 5) is 8.81. The summed E-state index contributed by atoms with van der Waals surface area (Å²) >= 11 is 12.5. The van der Waals surface area contributed by atoms with Gasteiger partial charge in [-0.2, -0.15) is 0 Å². The van der Waals surface area contributed by atoms with E-state index in [-0.39, 0.29) is 0 Å². The Kier molecular flexibility index (Phi) is 6.73. The highest BCUT2D eigenvalue weighted by Crippen LogP contribution is 2.44. The molecule has 3 rings (SSSR count). The second kappa shape index (κ2) is 8.91. The van der Waals surface area contributed by atoms with E-state index < -0.39 is 8.07 Å². The van der Waals surface area contributed by atoms with Gasteiger partial charge in [0.15, 0.2) is 5.75 Å². The van der Waals surface area contributed by atoms with Crippen molar-refractivity contribution < 1.29 is 14.2 Å². The quantitative estimate of drug-likeness (QED) is 0.247. The molecular weight excluding hydrogens is 429 g/mol. The first-order valence-electron chi connectivity index (χ1n) is 9.25. The number of hydrogen-bond donors (Lipinski definition) is 0. The third-order valence-electron chi connectivity index (χ3n) is 4.53. The predicted molar refractivity (Wildman–Crippen MR) is 120 cm³/mol. The van der Waals surface area contributed by atoms with Gasteiger partial charge in [0, 0.05) is 31.8 Å². The van der Waals surface area contributed by atoms with Crippen LogP contribution in [0.25, 0.3) is 22.2 Å². The molecule has 0 aliphatic carbocycles. The Morgan fingerprint density at radius 3 is 2.52 bits per heavy atom. The first kappa shape index (κ1) is 21.9. The zero-order valence-corrected chi connectivity index (χ0v) is 19.8. The SMILES string of the molecule is COc1ncc(Cl)c(OC)c1-c1cn(COCC[Si](C)(C)C)c2nc(Cl)ccc12. The topological polar surface area (TPSA) is 58.4 Å². The molecule has 0 aliphatic heterocycles. The van der Waals surface area contributed by atoms with Gasteiger partial charge < -0.3 is 18.8 Å². The van der Waals surface area contributed by atoms with Crippen molar-refractivity contribution in [2.24, 2.45) is 0 Å². The monoisotopic (exact) mass is 453 g/mol. The minimum absolute atomic E-state index is 0.368. The minimum atomic E-state index is -1.16. The van der Waals surface area contributed by atoms with E-state index in [1.165, 1.54) is 6.20 Å². The highest BCUT2D eigenvalue weighted by molar-refractivity contribution is 6.76. The van der Waals surface area contributed by atoms with E-state index >= 15 is 0 Å². The summed E-state index contributed by atoms with van der Waals surface area (Å²) in [6, 6.07) is 4.76. The number of nitrogens with zero attached hydrogens (tertiary/aromatic N) is 3. The molecule has 0 amide bonds. The van der Waals surface area contributed by atoms with Crippen LogP contribution >= 0.6 is 23.2 Å². The molecule has 0 radical (unpaired) electrons. The van der Waals surface area contributed by atoms with E-state index in [4.69, 9.17) is 37.4 Å². The van der Waals surface area contributed by atoms with Crippen LogP contribution in [0.1, 0.15) is 0 Å². The average Bonchev–Trinajstić information content (AvgIpc) is 3.01. The Morgan fingerprint density at radius 2 is 1.86 bits per heavy atom. The standard InChI is InChI=1S/C20H25Cl2N3O3Si/c1-26-18-15(21)10-23-20(27-2)17(18)14-11-25(12-28-8-9-29(3,4)5)19-13(14)6-7-16(22)24-19/h6-7,10-11H,8-9,12H2,1-5H3. The van der Waals surface area contributed by atoms with Gasteiger partial charge in [0.05, 0.1) is 26.0 Å². The third-order valence-corrected chi connectivity index (χ3v) is 6.72. The second-order valence-corrected chi connectivity index (χ2v) is 14.3. The first-order valence-corrected chi connectivity index (χ1v) is 13.7. The molecule has 0 unspecified atom stereocenters. The zero-order valence-electron chi connectivity index (χ0n) is 17.3. The van der Waals surface area contributed by atoms with Gasteiger partial charge in [-0.3, -0.25) is 0 Å². The summed E-state index contributed by atoms with van der Waals surface area (Å²) in [5.41, 5.74) is 2.21. The number of halogens is 2. The minimum Gasteiger partial charge on any atom is -0.494 e. The van der Waals surface area contributed by atoms with Crippen LogP contribution in [0.15, 0.2) is 24.5 Å². The van der Waals surface area contributed by atoms with Gasteiger partial charge in [-0.1, -0.05) is 42.8 Å². The van der Waals surface area contributed by atoms with Gasteiger partial charge in [0.1, 0.15) is 22.6 Å². The van der Waals surface area contributed by atoms with E-state index in [2.05, 4.69) is 29.6 Å². The van der Waals surface area contributed by atoms with Crippen LogP contribution < -0.4 is 9.47 Å². The normalized spacial score (nSPS) is 11.8. The fraction of sp³-hybridized carbons (Fsp3) is 0.400. The van der Waals surface area contributed by atoms with Crippen LogP contribution in [-0.2, 0) is 11.5 Å². The fourth-order valence-electron chi connectivity index (χ4n) is 3.03. The van der Waals surface area contributed by atoms with Gasteiger partial charge in [0.25, 0.3) is 0 Å². The summed E-state index contributed by atoms with van der Waals surface area (Å²) in [5.74, 6) is 0.909. The molecule has 9 heteroatoms. The number of rotatable bonds is 8. The number of ether oxygens (including phenoxy) is 3. The lowest BCUT2D eigenvalue weighted by molar-refractivity contribution is 0.0899. The largest absolute Gasteiger partial charge is 0.494 e. The summed E-state index contributed by atoms with van der Waals surface area (Å²) < 4.78 is 18.9. The highest BCUT2D eigenvalue weighted by atomic mass is 35.5. The second-order valence-electron chi connectivity index (χ2n) is 7.89. The van der Waals surface area contributed by atoms with Gasteiger partial charge in [-0.15, -0.1) is 0 Å². The summed E-state index contributed by atoms with van der Waals surface area (Å²) in [5, 5.41) is 1.69. The number of pyridine rings is 2. The molecule has 29 heavy (non-hydrogen) atoms. The van der Waals surface area contributed by atoms with Crippen LogP contribution in [0.2, 0.25) is 35.9 Å². The Bertz CT molecular complexity index is 1020. The lowest BCUT2D eigenvalue weighted by atomic mass is 10.1. The Labute approximate surface area is 181 Å². The summed E-state index contributed by atoms with van der Waals surface area (Å²) in [6.07, 6.45) is 3.46. The van der Waals surface area contributed by atoms with Crippen molar-refractivity contribution >= 4 is 42.3 Å². The van der Waals surface area contributed by atoms with Crippen LogP contribution in [0, 0.1) is 0 Å². The molecule has 0 atom stereocenters. The van der Waals surface area contributed by atoms with Crippen LogP contribution in [-0.4, -0.2) is 43.4 Å². The Balaban J connectivity index is 2.08. The van der Waals surface area contributed by atoms with E-state index in [1.807, 2.05) is 16.8 Å². The smallest absolute Gasteiger partial charge is 0.225 e. The molecule has 0 spiro atoms. The van der Waals surface area contributed by atoms with Crippen molar-refractivity contribution in [2.45, 2.75) is 32.4 Å². The van der Waals surface area contributed by atoms with Crippen molar-refractivity contribution in [3.05, 3.63) is 34.7 Å². The van der Waals surface area contributed by atoms with Crippen LogP contribution in [0.5, 0.6) is 11.6 Å². The molecule has 0 bridgehead atoms. The molecule has 3 heterocycles. The number of aromatic nitrogens is 3. The third kappa shape index (κ3) is 4.86. The average molecular weight is 454 g/mol. The van der Waals surface area contributed by atoms with E-state index in [0.29, 0.717) is 46.4 Å². The van der Waals surface area contributed by atoms with Gasteiger partial charge in [-0.05, 0) is 18.2 Å². The maximum absolute atomic E-state index is 6.33. The molecular formula is C20H25Cl2N3O3Si. The van der Waals surface area contributed by atoms with E-state index in [9.17, 15) is 0 Å². The highest BCUT2D eigenvalue weighted by Gasteiger charge is 2.22. The lowest BCUT2D eigenvalue weighted by Gasteiger charge is -2.15. The van der Waals surface area contributed by atoms with Crippen molar-refractivity contribution in [1.82, 2.24) is 14.5 Å². The van der Waals surface area contributed by atoms with Crippen molar-refractivity contribution in [1.29, 1.82) is 0 Å². The molecule has 0 N–H and O–H groups in total. The van der Waals surface area contributed by atoms with Crippen molar-refractivity contribution in [3.63, 3.8) is 0 Å². The maximum atomic E-state index is 6.33. The van der Waals surface area contributed by atoms with Gasteiger partial charge in [-0.25, -0.2) is 9.97 Å². The van der Waals surface area contributed by atoms with Crippen LogP contribution in [0.3, 0.4) is 0 Å². The van der Waals surface area contributed by atoms with Crippen molar-refractivity contribution in [3.8, 4) is 22.8 Å². The fourth-order valence-corrected chi connectivity index (χ4v) is 4.15. The molecule has 0 aromatic carbocycles. The maximum Gasteiger partial charge on any atom is 0.225 e. The van der Waals surface area contributed by atoms with E-state index in [0.717, 1.165) is 17.0 Å². The van der Waals surface area contributed by atoms with Gasteiger partial charge in [0.2, 0.25) is 5.88 Å². The van der Waals surface area contributed by atoms with Gasteiger partial charge >= 0.3 is 0 Å². The zero-order chi connectivity index (χ0) is 21.2. The van der Waals surface area contributed by atoms with Crippen molar-refractivity contribution in [2.75, 3.05) is 20.8 Å². The van der Waals surface area contributed by atoms with Crippen LogP contribution in [0.4, 0.5) is 0 Å². The molecule has 156 valence electrons. The summed E-state index contributed by atoms with van der Waals surface area (Å²) in [7, 11) is 1.97. The lowest BCUT2D eigenvalue weighted by Crippen LogP contribution is -2.22. The molecule has 6 nitrogen and oxygen atoms in total. The van der Waals surface area contributed by atoms with E-state index in [1.54, 1.807) is 20.3 Å². The summed E-state index contributed by atoms with van der Waals surface area (Å²) in [6.45, 7) is 8.05. The first-order chi connectivity index (χ1) is 13.7.